The number of nitrogens with zero attached hydrogens (tertiary/aromatic N) is 8. The van der Waals surface area contributed by atoms with Gasteiger partial charge in [0, 0.05) is 40.5 Å². The molecule has 6 aromatic rings. The Morgan fingerprint density at radius 2 is 1.65 bits per heavy atom. The molecule has 0 bridgehead atoms. The van der Waals surface area contributed by atoms with Gasteiger partial charge in [0.15, 0.2) is 11.7 Å². The van der Waals surface area contributed by atoms with Crippen molar-refractivity contribution in [2.75, 3.05) is 7.11 Å². The molecule has 0 N–H and O–H groups in total. The number of aromatic nitrogens is 8. The van der Waals surface area contributed by atoms with E-state index < -0.39 is 17.8 Å². The number of carbonyl (C=O) groups is 1. The number of esters is 1. The summed E-state index contributed by atoms with van der Waals surface area (Å²) in [5, 5.41) is 9.06. The number of halogens is 1. The Labute approximate surface area is 228 Å². The molecular formula is C29H25FN8O2. The van der Waals surface area contributed by atoms with Crippen molar-refractivity contribution < 1.29 is 13.9 Å². The van der Waals surface area contributed by atoms with Crippen LogP contribution in [0.15, 0.2) is 73.4 Å². The number of ether oxygens (including phenoxy) is 1. The number of fused-ring (bicyclic) bond motifs is 1. The van der Waals surface area contributed by atoms with E-state index in [-0.39, 0.29) is 0 Å². The molecule has 1 aromatic carbocycles. The van der Waals surface area contributed by atoms with Crippen LogP contribution in [0.5, 0.6) is 0 Å². The maximum atomic E-state index is 13.5. The highest BCUT2D eigenvalue weighted by molar-refractivity contribution is 5.78. The normalized spacial score (nSPS) is 12.1. The van der Waals surface area contributed by atoms with Crippen LogP contribution >= 0.6 is 0 Å². The second-order valence-electron chi connectivity index (χ2n) is 9.46. The third kappa shape index (κ3) is 4.31. The highest BCUT2D eigenvalue weighted by atomic mass is 19.1. The molecule has 0 aliphatic heterocycles. The van der Waals surface area contributed by atoms with Crippen LogP contribution in [0.25, 0.3) is 34.1 Å². The molecule has 0 saturated carbocycles. The zero-order chi connectivity index (χ0) is 28.0. The molecule has 0 fully saturated rings. The summed E-state index contributed by atoms with van der Waals surface area (Å²) in [4.78, 5) is 26.7. The monoisotopic (exact) mass is 536 g/mol. The largest absolute Gasteiger partial charge is 0.467 e. The average molecular weight is 537 g/mol. The van der Waals surface area contributed by atoms with Gasteiger partial charge >= 0.3 is 5.97 Å². The average Bonchev–Trinajstić information content (AvgIpc) is 3.69. The first-order valence-corrected chi connectivity index (χ1v) is 12.6. The second kappa shape index (κ2) is 9.84. The van der Waals surface area contributed by atoms with Crippen molar-refractivity contribution in [3.63, 3.8) is 0 Å². The summed E-state index contributed by atoms with van der Waals surface area (Å²) >= 11 is 0. The minimum atomic E-state index is -0.880. The van der Waals surface area contributed by atoms with Gasteiger partial charge in [-0.3, -0.25) is 14.2 Å². The summed E-state index contributed by atoms with van der Waals surface area (Å²) in [6.45, 7) is 6.02. The van der Waals surface area contributed by atoms with Crippen LogP contribution < -0.4 is 0 Å². The standard InChI is InChI=1S/C29H25FN8O2/c1-17-5-6-18(2)38(17)29-34-27-19(3)23(11-12-36(27)35-29)25-15-31-14-24(33-25)21-13-32-37(16-21)26(28(39)40-4)20-7-9-22(30)10-8-20/h5-16,26H,1-4H3. The zero-order valence-corrected chi connectivity index (χ0v) is 22.3. The topological polar surface area (TPSA) is 105 Å². The molecule has 0 saturated heterocycles. The minimum Gasteiger partial charge on any atom is -0.467 e. The van der Waals surface area contributed by atoms with Gasteiger partial charge in [0.25, 0.3) is 5.95 Å². The summed E-state index contributed by atoms with van der Waals surface area (Å²) in [5.41, 5.74) is 7.05. The Morgan fingerprint density at radius 3 is 2.38 bits per heavy atom. The molecular weight excluding hydrogens is 511 g/mol. The van der Waals surface area contributed by atoms with Crippen LogP contribution in [0.3, 0.4) is 0 Å². The van der Waals surface area contributed by atoms with Crippen LogP contribution in [0.4, 0.5) is 4.39 Å². The number of rotatable bonds is 6. The van der Waals surface area contributed by atoms with Gasteiger partial charge in [-0.05, 0) is 56.7 Å². The van der Waals surface area contributed by atoms with Crippen LogP contribution in [0.1, 0.15) is 28.6 Å². The first-order valence-electron chi connectivity index (χ1n) is 12.6. The van der Waals surface area contributed by atoms with Crippen molar-refractivity contribution >= 4 is 11.6 Å². The predicted octanol–water partition coefficient (Wildman–Crippen LogP) is 4.67. The van der Waals surface area contributed by atoms with Crippen LogP contribution in [0, 0.1) is 26.6 Å². The lowest BCUT2D eigenvalue weighted by Gasteiger charge is -2.15. The van der Waals surface area contributed by atoms with Gasteiger partial charge in [-0.2, -0.15) is 10.1 Å². The molecule has 0 aliphatic carbocycles. The van der Waals surface area contributed by atoms with Crippen molar-refractivity contribution in [1.29, 1.82) is 0 Å². The summed E-state index contributed by atoms with van der Waals surface area (Å²) in [6, 6.07) is 10.8. The highest BCUT2D eigenvalue weighted by Crippen LogP contribution is 2.28. The fraction of sp³-hybridized carbons (Fsp3) is 0.172. The Kier molecular flexibility index (Phi) is 6.18. The van der Waals surface area contributed by atoms with E-state index >= 15 is 0 Å². The molecule has 0 aliphatic rings. The number of benzene rings is 1. The Bertz CT molecular complexity index is 1850. The summed E-state index contributed by atoms with van der Waals surface area (Å²) in [6.07, 6.45) is 8.49. The van der Waals surface area contributed by atoms with E-state index in [2.05, 4.69) is 15.2 Å². The molecule has 1 unspecified atom stereocenters. The van der Waals surface area contributed by atoms with Crippen molar-refractivity contribution in [2.45, 2.75) is 26.8 Å². The van der Waals surface area contributed by atoms with Crippen LogP contribution in [-0.2, 0) is 9.53 Å². The zero-order valence-electron chi connectivity index (χ0n) is 22.3. The summed E-state index contributed by atoms with van der Waals surface area (Å²) in [7, 11) is 1.30. The summed E-state index contributed by atoms with van der Waals surface area (Å²) in [5.74, 6) is -0.316. The Balaban J connectivity index is 1.36. The first kappa shape index (κ1) is 25.1. The maximum Gasteiger partial charge on any atom is 0.335 e. The lowest BCUT2D eigenvalue weighted by atomic mass is 10.1. The summed E-state index contributed by atoms with van der Waals surface area (Å²) < 4.78 is 23.7. The number of methoxy groups -OCH3 is 1. The van der Waals surface area contributed by atoms with E-state index in [9.17, 15) is 9.18 Å². The first-order chi connectivity index (χ1) is 19.3. The SMILES string of the molecule is COC(=O)C(c1ccc(F)cc1)n1cc(-c2cncc(-c3ccn4nc(-n5c(C)ccc5C)nc4c3C)n2)cn1. The third-order valence-corrected chi connectivity index (χ3v) is 6.90. The van der Waals surface area contributed by atoms with Gasteiger partial charge < -0.3 is 4.74 Å². The van der Waals surface area contributed by atoms with E-state index in [1.165, 1.54) is 36.1 Å². The molecule has 0 amide bonds. The fourth-order valence-electron chi connectivity index (χ4n) is 4.82. The second-order valence-corrected chi connectivity index (χ2v) is 9.46. The number of carbonyl (C=O) groups excluding carboxylic acids is 1. The Hall–Kier alpha value is -5.19. The van der Waals surface area contributed by atoms with E-state index in [0.29, 0.717) is 28.5 Å². The third-order valence-electron chi connectivity index (χ3n) is 6.90. The highest BCUT2D eigenvalue weighted by Gasteiger charge is 2.25. The van der Waals surface area contributed by atoms with Crippen molar-refractivity contribution in [1.82, 2.24) is 38.9 Å². The molecule has 1 atom stereocenters. The van der Waals surface area contributed by atoms with Gasteiger partial charge in [0.1, 0.15) is 5.82 Å². The number of aryl methyl sites for hydroxylation is 3. The molecule has 11 heteroatoms. The van der Waals surface area contributed by atoms with Gasteiger partial charge in [0.05, 0.1) is 37.1 Å². The number of hydrogen-bond acceptors (Lipinski definition) is 7. The predicted molar refractivity (Wildman–Crippen MR) is 145 cm³/mol. The Morgan fingerprint density at radius 1 is 0.925 bits per heavy atom. The van der Waals surface area contributed by atoms with Crippen molar-refractivity contribution in [2.24, 2.45) is 0 Å². The van der Waals surface area contributed by atoms with Gasteiger partial charge in [-0.25, -0.2) is 18.7 Å². The molecule has 200 valence electrons. The molecule has 10 nitrogen and oxygen atoms in total. The molecule has 6 rings (SSSR count). The molecule has 40 heavy (non-hydrogen) atoms. The molecule has 0 radical (unpaired) electrons. The van der Waals surface area contributed by atoms with Crippen molar-refractivity contribution in [3.8, 4) is 28.5 Å². The van der Waals surface area contributed by atoms with Crippen LogP contribution in [0.2, 0.25) is 0 Å². The minimum absolute atomic E-state index is 0.397. The quantitative estimate of drug-likeness (QED) is 0.285. The van der Waals surface area contributed by atoms with E-state index in [4.69, 9.17) is 14.7 Å². The van der Waals surface area contributed by atoms with Gasteiger partial charge in [-0.15, -0.1) is 5.10 Å². The number of hydrogen-bond donors (Lipinski definition) is 0. The van der Waals surface area contributed by atoms with E-state index in [0.717, 1.165) is 28.2 Å². The van der Waals surface area contributed by atoms with E-state index in [1.807, 2.05) is 49.7 Å². The van der Waals surface area contributed by atoms with Crippen molar-refractivity contribution in [3.05, 3.63) is 102 Å². The molecule has 5 aromatic heterocycles. The lowest BCUT2D eigenvalue weighted by molar-refractivity contribution is -0.143. The van der Waals surface area contributed by atoms with E-state index in [1.54, 1.807) is 29.3 Å². The lowest BCUT2D eigenvalue weighted by Crippen LogP contribution is -2.22. The number of pyridine rings is 1. The molecule has 5 heterocycles. The molecule has 0 spiro atoms. The maximum absolute atomic E-state index is 13.5. The fourth-order valence-corrected chi connectivity index (χ4v) is 4.82. The smallest absolute Gasteiger partial charge is 0.335 e. The van der Waals surface area contributed by atoms with Gasteiger partial charge in [-0.1, -0.05) is 12.1 Å². The van der Waals surface area contributed by atoms with Gasteiger partial charge in [0.2, 0.25) is 0 Å². The van der Waals surface area contributed by atoms with Crippen LogP contribution in [-0.4, -0.2) is 52.0 Å².